The Morgan fingerprint density at radius 3 is 2.41 bits per heavy atom. The predicted molar refractivity (Wildman–Crippen MR) is 106 cm³/mol. The average Bonchev–Trinajstić information content (AvgIpc) is 2.98. The molecule has 1 unspecified atom stereocenters. The van der Waals surface area contributed by atoms with Crippen LogP contribution in [-0.4, -0.2) is 61.0 Å². The van der Waals surface area contributed by atoms with Crippen LogP contribution in [0, 0.1) is 11.8 Å². The van der Waals surface area contributed by atoms with Gasteiger partial charge in [-0.05, 0) is 50.9 Å². The van der Waals surface area contributed by atoms with Gasteiger partial charge in [0.2, 0.25) is 11.8 Å². The molecule has 3 rings (SSSR count). The molecule has 5 nitrogen and oxygen atoms in total. The number of hydrogen-bond donors (Lipinski definition) is 0. The number of hydrogen-bond acceptors (Lipinski definition) is 3. The van der Waals surface area contributed by atoms with Crippen molar-refractivity contribution in [1.82, 2.24) is 9.80 Å². The van der Waals surface area contributed by atoms with Crippen LogP contribution in [0.1, 0.15) is 77.0 Å². The molecule has 3 aliphatic rings. The first-order chi connectivity index (χ1) is 13.2. The highest BCUT2D eigenvalue weighted by molar-refractivity contribution is 5.84. The Morgan fingerprint density at radius 1 is 1.04 bits per heavy atom. The maximum atomic E-state index is 13.1. The number of likely N-dealkylation sites (tertiary alicyclic amines) is 2. The third-order valence-electron chi connectivity index (χ3n) is 6.95. The van der Waals surface area contributed by atoms with Crippen LogP contribution in [0.25, 0.3) is 0 Å². The van der Waals surface area contributed by atoms with Crippen molar-refractivity contribution in [3.8, 4) is 0 Å². The molecule has 0 aromatic rings. The SMILES string of the molecule is COCCCC1CCN(C(=O)C2CCC(=O)N(C3CCCCCC3)C2)CC1. The summed E-state index contributed by atoms with van der Waals surface area (Å²) in [6, 6.07) is 0.377. The number of piperidine rings is 2. The summed E-state index contributed by atoms with van der Waals surface area (Å²) < 4.78 is 5.15. The minimum Gasteiger partial charge on any atom is -0.385 e. The van der Waals surface area contributed by atoms with Gasteiger partial charge in [-0.3, -0.25) is 9.59 Å². The summed E-state index contributed by atoms with van der Waals surface area (Å²) in [6.45, 7) is 3.29. The van der Waals surface area contributed by atoms with E-state index in [1.165, 1.54) is 32.1 Å². The number of rotatable bonds is 6. The van der Waals surface area contributed by atoms with E-state index < -0.39 is 0 Å². The van der Waals surface area contributed by atoms with E-state index in [-0.39, 0.29) is 11.8 Å². The van der Waals surface area contributed by atoms with Gasteiger partial charge in [0, 0.05) is 45.8 Å². The molecular formula is C22H38N2O3. The first kappa shape index (κ1) is 20.6. The molecular weight excluding hydrogens is 340 g/mol. The van der Waals surface area contributed by atoms with Crippen LogP contribution in [0.3, 0.4) is 0 Å². The van der Waals surface area contributed by atoms with Crippen molar-refractivity contribution in [1.29, 1.82) is 0 Å². The molecule has 3 fully saturated rings. The maximum Gasteiger partial charge on any atom is 0.227 e. The molecule has 1 saturated carbocycles. The van der Waals surface area contributed by atoms with Gasteiger partial charge in [-0.2, -0.15) is 0 Å². The van der Waals surface area contributed by atoms with Gasteiger partial charge in [0.15, 0.2) is 0 Å². The lowest BCUT2D eigenvalue weighted by atomic mass is 9.89. The lowest BCUT2D eigenvalue weighted by Gasteiger charge is -2.40. The zero-order valence-electron chi connectivity index (χ0n) is 17.2. The zero-order chi connectivity index (χ0) is 19.1. The van der Waals surface area contributed by atoms with Gasteiger partial charge in [0.25, 0.3) is 0 Å². The highest BCUT2D eigenvalue weighted by Gasteiger charge is 2.36. The van der Waals surface area contributed by atoms with Crippen molar-refractivity contribution in [2.24, 2.45) is 11.8 Å². The second kappa shape index (κ2) is 10.4. The van der Waals surface area contributed by atoms with Crippen LogP contribution in [-0.2, 0) is 14.3 Å². The molecule has 0 aromatic carbocycles. The van der Waals surface area contributed by atoms with Crippen molar-refractivity contribution < 1.29 is 14.3 Å². The van der Waals surface area contributed by atoms with Crippen LogP contribution in [0.15, 0.2) is 0 Å². The summed E-state index contributed by atoms with van der Waals surface area (Å²) in [5.74, 6) is 1.34. The summed E-state index contributed by atoms with van der Waals surface area (Å²) in [6.07, 6.45) is 13.2. The Bertz CT molecular complexity index is 480. The van der Waals surface area contributed by atoms with Gasteiger partial charge < -0.3 is 14.5 Å². The third kappa shape index (κ3) is 5.69. The monoisotopic (exact) mass is 378 g/mol. The fraction of sp³-hybridized carbons (Fsp3) is 0.909. The van der Waals surface area contributed by atoms with Gasteiger partial charge >= 0.3 is 0 Å². The molecule has 0 spiro atoms. The van der Waals surface area contributed by atoms with E-state index in [4.69, 9.17) is 4.74 Å². The van der Waals surface area contributed by atoms with E-state index in [1.807, 2.05) is 0 Å². The minimum absolute atomic E-state index is 0.0241. The molecule has 27 heavy (non-hydrogen) atoms. The largest absolute Gasteiger partial charge is 0.385 e. The van der Waals surface area contributed by atoms with Crippen molar-refractivity contribution in [2.75, 3.05) is 33.4 Å². The Hall–Kier alpha value is -1.10. The second-order valence-electron chi connectivity index (χ2n) is 8.83. The number of carbonyl (C=O) groups is 2. The molecule has 5 heteroatoms. The summed E-state index contributed by atoms with van der Waals surface area (Å²) >= 11 is 0. The first-order valence-electron chi connectivity index (χ1n) is 11.3. The Morgan fingerprint density at radius 2 is 1.74 bits per heavy atom. The van der Waals surface area contributed by atoms with E-state index in [9.17, 15) is 9.59 Å². The predicted octanol–water partition coefficient (Wildman–Crippen LogP) is 3.61. The fourth-order valence-corrected chi connectivity index (χ4v) is 5.21. The molecule has 1 aliphatic carbocycles. The van der Waals surface area contributed by atoms with Gasteiger partial charge in [0.1, 0.15) is 0 Å². The fourth-order valence-electron chi connectivity index (χ4n) is 5.21. The number of amides is 2. The van der Waals surface area contributed by atoms with Gasteiger partial charge in [-0.25, -0.2) is 0 Å². The van der Waals surface area contributed by atoms with Gasteiger partial charge in [0.05, 0.1) is 5.92 Å². The molecule has 2 saturated heterocycles. The Kier molecular flexibility index (Phi) is 7.98. The van der Waals surface area contributed by atoms with Crippen molar-refractivity contribution in [2.45, 2.75) is 83.1 Å². The first-order valence-corrected chi connectivity index (χ1v) is 11.3. The van der Waals surface area contributed by atoms with E-state index in [2.05, 4.69) is 9.80 Å². The summed E-state index contributed by atoms with van der Waals surface area (Å²) in [5, 5.41) is 0. The molecule has 2 amide bonds. The smallest absolute Gasteiger partial charge is 0.227 e. The van der Waals surface area contributed by atoms with E-state index in [1.54, 1.807) is 7.11 Å². The van der Waals surface area contributed by atoms with Gasteiger partial charge in [-0.15, -0.1) is 0 Å². The lowest BCUT2D eigenvalue weighted by molar-refractivity contribution is -0.145. The Labute approximate surface area is 164 Å². The summed E-state index contributed by atoms with van der Waals surface area (Å²) in [4.78, 5) is 29.8. The average molecular weight is 379 g/mol. The van der Waals surface area contributed by atoms with Crippen molar-refractivity contribution in [3.63, 3.8) is 0 Å². The van der Waals surface area contributed by atoms with E-state index in [0.717, 1.165) is 64.1 Å². The van der Waals surface area contributed by atoms with Crippen LogP contribution in [0.2, 0.25) is 0 Å². The number of nitrogens with zero attached hydrogens (tertiary/aromatic N) is 2. The molecule has 0 bridgehead atoms. The van der Waals surface area contributed by atoms with Crippen LogP contribution in [0.5, 0.6) is 0 Å². The topological polar surface area (TPSA) is 49.9 Å². The third-order valence-corrected chi connectivity index (χ3v) is 6.95. The number of ether oxygens (including phenoxy) is 1. The molecule has 2 aliphatic heterocycles. The van der Waals surface area contributed by atoms with Crippen LogP contribution < -0.4 is 0 Å². The van der Waals surface area contributed by atoms with Crippen LogP contribution >= 0.6 is 0 Å². The molecule has 0 aromatic heterocycles. The van der Waals surface area contributed by atoms with E-state index in [0.29, 0.717) is 24.9 Å². The number of carbonyl (C=O) groups excluding carboxylic acids is 2. The normalized spacial score (nSPS) is 26.3. The molecule has 2 heterocycles. The minimum atomic E-state index is 0.0241. The summed E-state index contributed by atoms with van der Waals surface area (Å²) in [7, 11) is 1.76. The maximum absolute atomic E-state index is 13.1. The zero-order valence-corrected chi connectivity index (χ0v) is 17.2. The lowest BCUT2D eigenvalue weighted by Crippen LogP contribution is -2.51. The quantitative estimate of drug-likeness (QED) is 0.524. The highest BCUT2D eigenvalue weighted by atomic mass is 16.5. The van der Waals surface area contributed by atoms with Crippen LogP contribution in [0.4, 0.5) is 0 Å². The molecule has 1 atom stereocenters. The molecule has 154 valence electrons. The van der Waals surface area contributed by atoms with E-state index >= 15 is 0 Å². The molecule has 0 radical (unpaired) electrons. The van der Waals surface area contributed by atoms with Gasteiger partial charge in [-0.1, -0.05) is 25.7 Å². The summed E-state index contributed by atoms with van der Waals surface area (Å²) in [5.41, 5.74) is 0. The second-order valence-corrected chi connectivity index (χ2v) is 8.83. The van der Waals surface area contributed by atoms with Crippen molar-refractivity contribution in [3.05, 3.63) is 0 Å². The highest BCUT2D eigenvalue weighted by Crippen LogP contribution is 2.29. The molecule has 0 N–H and O–H groups in total. The standard InChI is InChI=1S/C22H38N2O3/c1-27-16-6-7-18-12-14-23(15-13-18)22(26)19-10-11-21(25)24(17-19)20-8-4-2-3-5-9-20/h18-20H,2-17H2,1H3. The Balaban J connectivity index is 1.49. The number of methoxy groups -OCH3 is 1. The van der Waals surface area contributed by atoms with Crippen molar-refractivity contribution >= 4 is 11.8 Å².